The SMILES string of the molecule is COc1ccc(OC)c(CN(C(=O)Cc2ccc(OC(F)F)cc2)C2CC2)c1. The number of alkyl halides is 2. The lowest BCUT2D eigenvalue weighted by molar-refractivity contribution is -0.131. The Balaban J connectivity index is 1.71. The van der Waals surface area contributed by atoms with Gasteiger partial charge in [0.25, 0.3) is 0 Å². The number of benzene rings is 2. The molecule has 0 N–H and O–H groups in total. The fourth-order valence-electron chi connectivity index (χ4n) is 3.06. The van der Waals surface area contributed by atoms with Crippen LogP contribution in [0, 0.1) is 0 Å². The lowest BCUT2D eigenvalue weighted by Gasteiger charge is -2.24. The Morgan fingerprint density at radius 1 is 1.07 bits per heavy atom. The molecule has 1 fully saturated rings. The van der Waals surface area contributed by atoms with E-state index in [1.54, 1.807) is 26.4 Å². The number of carbonyl (C=O) groups is 1. The number of nitrogens with zero attached hydrogens (tertiary/aromatic N) is 1. The third-order valence-corrected chi connectivity index (χ3v) is 4.64. The first-order valence-electron chi connectivity index (χ1n) is 9.04. The normalized spacial score (nSPS) is 13.3. The maximum Gasteiger partial charge on any atom is 0.387 e. The molecule has 0 atom stereocenters. The van der Waals surface area contributed by atoms with Crippen molar-refractivity contribution in [1.82, 2.24) is 4.90 Å². The average molecular weight is 391 g/mol. The van der Waals surface area contributed by atoms with E-state index in [2.05, 4.69) is 4.74 Å². The second-order valence-corrected chi connectivity index (χ2v) is 6.63. The summed E-state index contributed by atoms with van der Waals surface area (Å²) in [5.41, 5.74) is 1.62. The molecule has 0 aromatic heterocycles. The zero-order chi connectivity index (χ0) is 20.1. The first-order chi connectivity index (χ1) is 13.5. The fraction of sp³-hybridized carbons (Fsp3) is 0.381. The Hall–Kier alpha value is -2.83. The summed E-state index contributed by atoms with van der Waals surface area (Å²) in [5, 5.41) is 0. The van der Waals surface area contributed by atoms with Crippen molar-refractivity contribution < 1.29 is 27.8 Å². The fourth-order valence-corrected chi connectivity index (χ4v) is 3.06. The molecular formula is C21H23F2NO4. The van der Waals surface area contributed by atoms with Crippen LogP contribution in [0.1, 0.15) is 24.0 Å². The minimum absolute atomic E-state index is 0.0186. The van der Waals surface area contributed by atoms with E-state index in [1.807, 2.05) is 23.1 Å². The predicted octanol–water partition coefficient (Wildman–Crippen LogP) is 4.04. The molecule has 2 aromatic rings. The number of ether oxygens (including phenoxy) is 3. The predicted molar refractivity (Wildman–Crippen MR) is 99.9 cm³/mol. The number of halogens is 2. The van der Waals surface area contributed by atoms with Gasteiger partial charge >= 0.3 is 6.61 Å². The van der Waals surface area contributed by atoms with E-state index >= 15 is 0 Å². The molecule has 0 saturated heterocycles. The van der Waals surface area contributed by atoms with Crippen LogP contribution >= 0.6 is 0 Å². The van der Waals surface area contributed by atoms with Crippen LogP contribution in [0.15, 0.2) is 42.5 Å². The molecule has 1 amide bonds. The van der Waals surface area contributed by atoms with Crippen molar-refractivity contribution >= 4 is 5.91 Å². The molecule has 7 heteroatoms. The quantitative estimate of drug-likeness (QED) is 0.647. The topological polar surface area (TPSA) is 48.0 Å². The van der Waals surface area contributed by atoms with Crippen molar-refractivity contribution in [3.63, 3.8) is 0 Å². The molecule has 2 aromatic carbocycles. The Kier molecular flexibility index (Phi) is 6.34. The van der Waals surface area contributed by atoms with E-state index in [0.29, 0.717) is 18.0 Å². The molecule has 1 aliphatic rings. The Labute approximate surface area is 162 Å². The summed E-state index contributed by atoms with van der Waals surface area (Å²) in [5.74, 6) is 1.46. The lowest BCUT2D eigenvalue weighted by Crippen LogP contribution is -2.34. The van der Waals surface area contributed by atoms with E-state index in [9.17, 15) is 13.6 Å². The molecule has 0 aliphatic heterocycles. The Morgan fingerprint density at radius 3 is 2.32 bits per heavy atom. The molecule has 1 aliphatic carbocycles. The van der Waals surface area contributed by atoms with Gasteiger partial charge in [-0.25, -0.2) is 0 Å². The van der Waals surface area contributed by atoms with Crippen LogP contribution in [-0.4, -0.2) is 37.7 Å². The summed E-state index contributed by atoms with van der Waals surface area (Å²) >= 11 is 0. The van der Waals surface area contributed by atoms with Crippen LogP contribution in [0.4, 0.5) is 8.78 Å². The molecular weight excluding hydrogens is 368 g/mol. The van der Waals surface area contributed by atoms with Gasteiger partial charge in [0.1, 0.15) is 17.2 Å². The summed E-state index contributed by atoms with van der Waals surface area (Å²) < 4.78 is 39.6. The van der Waals surface area contributed by atoms with E-state index in [-0.39, 0.29) is 24.1 Å². The maximum absolute atomic E-state index is 12.9. The van der Waals surface area contributed by atoms with Gasteiger partial charge in [-0.2, -0.15) is 8.78 Å². The highest BCUT2D eigenvalue weighted by Crippen LogP contribution is 2.32. The van der Waals surface area contributed by atoms with E-state index in [0.717, 1.165) is 24.0 Å². The number of methoxy groups -OCH3 is 2. The first kappa shape index (κ1) is 19.9. The summed E-state index contributed by atoms with van der Waals surface area (Å²) in [7, 11) is 3.19. The molecule has 0 bridgehead atoms. The molecule has 28 heavy (non-hydrogen) atoms. The average Bonchev–Trinajstić information content (AvgIpc) is 3.52. The second kappa shape index (κ2) is 8.91. The number of hydrogen-bond acceptors (Lipinski definition) is 4. The molecule has 150 valence electrons. The Bertz CT molecular complexity index is 807. The van der Waals surface area contributed by atoms with Gasteiger partial charge in [0.15, 0.2) is 0 Å². The van der Waals surface area contributed by atoms with Gasteiger partial charge < -0.3 is 19.1 Å². The minimum atomic E-state index is -2.87. The highest BCUT2D eigenvalue weighted by molar-refractivity contribution is 5.79. The van der Waals surface area contributed by atoms with Crippen molar-refractivity contribution in [3.8, 4) is 17.2 Å². The van der Waals surface area contributed by atoms with Crippen LogP contribution in [0.2, 0.25) is 0 Å². The van der Waals surface area contributed by atoms with Gasteiger partial charge in [0, 0.05) is 18.2 Å². The third-order valence-electron chi connectivity index (χ3n) is 4.64. The third kappa shape index (κ3) is 5.12. The highest BCUT2D eigenvalue weighted by Gasteiger charge is 2.33. The van der Waals surface area contributed by atoms with Crippen molar-refractivity contribution in [1.29, 1.82) is 0 Å². The highest BCUT2D eigenvalue weighted by atomic mass is 19.3. The van der Waals surface area contributed by atoms with Crippen LogP contribution in [0.3, 0.4) is 0 Å². The molecule has 0 unspecified atom stereocenters. The van der Waals surface area contributed by atoms with E-state index in [4.69, 9.17) is 9.47 Å². The number of amides is 1. The summed E-state index contributed by atoms with van der Waals surface area (Å²) in [6.45, 7) is -2.44. The van der Waals surface area contributed by atoms with Crippen molar-refractivity contribution in [2.75, 3.05) is 14.2 Å². The number of rotatable bonds is 9. The first-order valence-corrected chi connectivity index (χ1v) is 9.04. The van der Waals surface area contributed by atoms with Gasteiger partial charge in [-0.05, 0) is 48.7 Å². The van der Waals surface area contributed by atoms with Gasteiger partial charge in [-0.3, -0.25) is 4.79 Å². The molecule has 0 heterocycles. The van der Waals surface area contributed by atoms with Crippen molar-refractivity contribution in [2.45, 2.75) is 38.5 Å². The van der Waals surface area contributed by atoms with Crippen molar-refractivity contribution in [2.24, 2.45) is 0 Å². The molecule has 3 rings (SSSR count). The van der Waals surface area contributed by atoms with Gasteiger partial charge in [0.05, 0.1) is 20.6 Å². The zero-order valence-electron chi connectivity index (χ0n) is 15.9. The van der Waals surface area contributed by atoms with E-state index in [1.165, 1.54) is 12.1 Å². The van der Waals surface area contributed by atoms with Crippen LogP contribution in [-0.2, 0) is 17.8 Å². The standard InChI is InChI=1S/C21H23F2NO4/c1-26-18-9-10-19(27-2)15(12-18)13-24(16-5-6-16)20(25)11-14-3-7-17(8-4-14)28-21(22)23/h3-4,7-10,12,16,21H,5-6,11,13H2,1-2H3. The van der Waals surface area contributed by atoms with Gasteiger partial charge in [0.2, 0.25) is 5.91 Å². The minimum Gasteiger partial charge on any atom is -0.497 e. The summed E-state index contributed by atoms with van der Waals surface area (Å²) in [4.78, 5) is 14.8. The summed E-state index contributed by atoms with van der Waals surface area (Å²) in [6, 6.07) is 11.9. The van der Waals surface area contributed by atoms with Crippen LogP contribution in [0.25, 0.3) is 0 Å². The number of hydrogen-bond donors (Lipinski definition) is 0. The maximum atomic E-state index is 12.9. The van der Waals surface area contributed by atoms with Crippen LogP contribution in [0.5, 0.6) is 17.2 Å². The number of carbonyl (C=O) groups excluding carboxylic acids is 1. The summed E-state index contributed by atoms with van der Waals surface area (Å²) in [6.07, 6.45) is 2.14. The van der Waals surface area contributed by atoms with E-state index < -0.39 is 6.61 Å². The second-order valence-electron chi connectivity index (χ2n) is 6.63. The van der Waals surface area contributed by atoms with Gasteiger partial charge in [-0.1, -0.05) is 12.1 Å². The molecule has 1 saturated carbocycles. The lowest BCUT2D eigenvalue weighted by atomic mass is 10.1. The molecule has 5 nitrogen and oxygen atoms in total. The smallest absolute Gasteiger partial charge is 0.387 e. The van der Waals surface area contributed by atoms with Crippen molar-refractivity contribution in [3.05, 3.63) is 53.6 Å². The molecule has 0 spiro atoms. The zero-order valence-corrected chi connectivity index (χ0v) is 15.9. The van der Waals surface area contributed by atoms with Gasteiger partial charge in [-0.15, -0.1) is 0 Å². The Morgan fingerprint density at radius 2 is 1.75 bits per heavy atom. The largest absolute Gasteiger partial charge is 0.497 e. The monoisotopic (exact) mass is 391 g/mol. The molecule has 0 radical (unpaired) electrons. The van der Waals surface area contributed by atoms with Crippen LogP contribution < -0.4 is 14.2 Å².